The minimum atomic E-state index is -0.679. The van der Waals surface area contributed by atoms with Crippen LogP contribution >= 0.6 is 0 Å². The molecule has 0 saturated heterocycles. The summed E-state index contributed by atoms with van der Waals surface area (Å²) in [5, 5.41) is 10.1. The van der Waals surface area contributed by atoms with Gasteiger partial charge in [0.1, 0.15) is 17.5 Å². The van der Waals surface area contributed by atoms with Gasteiger partial charge in [-0.15, -0.1) is 0 Å². The predicted octanol–water partition coefficient (Wildman–Crippen LogP) is 3.00. The molecule has 0 saturated carbocycles. The second-order valence-electron chi connectivity index (χ2n) is 7.97. The van der Waals surface area contributed by atoms with E-state index in [-0.39, 0.29) is 17.7 Å². The topological polar surface area (TPSA) is 94.5 Å². The molecule has 0 bridgehead atoms. The Hall–Kier alpha value is -3.81. The quantitative estimate of drug-likeness (QED) is 0.495. The number of benzene rings is 2. The van der Waals surface area contributed by atoms with Crippen molar-refractivity contribution in [1.29, 1.82) is 0 Å². The molecule has 0 aliphatic rings. The van der Waals surface area contributed by atoms with E-state index in [0.717, 1.165) is 11.3 Å². The second kappa shape index (κ2) is 11.2. The number of methoxy groups -OCH3 is 2. The van der Waals surface area contributed by atoms with E-state index in [0.29, 0.717) is 30.0 Å². The molecule has 1 unspecified atom stereocenters. The van der Waals surface area contributed by atoms with E-state index < -0.39 is 6.04 Å². The van der Waals surface area contributed by atoms with Crippen LogP contribution in [0.25, 0.3) is 5.69 Å². The van der Waals surface area contributed by atoms with Gasteiger partial charge in [-0.1, -0.05) is 32.0 Å². The van der Waals surface area contributed by atoms with Gasteiger partial charge in [0.05, 0.1) is 26.1 Å². The Labute approximate surface area is 193 Å². The highest BCUT2D eigenvalue weighted by molar-refractivity contribution is 5.98. The molecular weight excluding hydrogens is 420 g/mol. The number of carbonyl (C=O) groups excluding carboxylic acids is 2. The van der Waals surface area contributed by atoms with Crippen molar-refractivity contribution in [2.45, 2.75) is 26.3 Å². The molecule has 0 aliphatic heterocycles. The van der Waals surface area contributed by atoms with Crippen molar-refractivity contribution in [2.75, 3.05) is 20.8 Å². The van der Waals surface area contributed by atoms with Gasteiger partial charge in [-0.05, 0) is 42.2 Å². The van der Waals surface area contributed by atoms with E-state index in [1.165, 1.54) is 14.2 Å². The number of hydrogen-bond acceptors (Lipinski definition) is 5. The Morgan fingerprint density at radius 1 is 1.03 bits per heavy atom. The van der Waals surface area contributed by atoms with Gasteiger partial charge in [-0.2, -0.15) is 5.10 Å². The van der Waals surface area contributed by atoms with E-state index in [1.54, 1.807) is 29.1 Å². The Kier molecular flexibility index (Phi) is 8.07. The summed E-state index contributed by atoms with van der Waals surface area (Å²) in [6.07, 6.45) is 4.36. The van der Waals surface area contributed by atoms with Gasteiger partial charge in [0.15, 0.2) is 0 Å². The van der Waals surface area contributed by atoms with Crippen molar-refractivity contribution in [3.63, 3.8) is 0 Å². The number of nitrogens with zero attached hydrogens (tertiary/aromatic N) is 2. The minimum absolute atomic E-state index is 0.0951. The van der Waals surface area contributed by atoms with Crippen molar-refractivity contribution in [1.82, 2.24) is 20.4 Å². The molecule has 2 aromatic carbocycles. The highest BCUT2D eigenvalue weighted by Crippen LogP contribution is 2.22. The lowest BCUT2D eigenvalue weighted by Crippen LogP contribution is -2.50. The fraction of sp³-hybridized carbons (Fsp3) is 0.320. The first-order valence-electron chi connectivity index (χ1n) is 10.8. The van der Waals surface area contributed by atoms with Crippen molar-refractivity contribution >= 4 is 11.8 Å². The van der Waals surface area contributed by atoms with Crippen LogP contribution in [-0.2, 0) is 11.2 Å². The lowest BCUT2D eigenvalue weighted by molar-refractivity contribution is -0.123. The molecule has 33 heavy (non-hydrogen) atoms. The van der Waals surface area contributed by atoms with Gasteiger partial charge < -0.3 is 20.1 Å². The molecule has 2 N–H and O–H groups in total. The smallest absolute Gasteiger partial charge is 0.252 e. The fourth-order valence-electron chi connectivity index (χ4n) is 3.35. The van der Waals surface area contributed by atoms with Crippen LogP contribution in [0.5, 0.6) is 11.5 Å². The number of carbonyl (C=O) groups is 2. The van der Waals surface area contributed by atoms with Crippen LogP contribution in [0, 0.1) is 5.92 Å². The molecule has 0 spiro atoms. The molecule has 2 amide bonds. The Bertz CT molecular complexity index is 1060. The molecular formula is C25H30N4O4. The van der Waals surface area contributed by atoms with Crippen LogP contribution < -0.4 is 20.1 Å². The van der Waals surface area contributed by atoms with Gasteiger partial charge in [-0.3, -0.25) is 9.59 Å². The van der Waals surface area contributed by atoms with E-state index in [4.69, 9.17) is 9.47 Å². The maximum absolute atomic E-state index is 12.8. The van der Waals surface area contributed by atoms with E-state index in [2.05, 4.69) is 15.7 Å². The number of para-hydroxylation sites is 1. The van der Waals surface area contributed by atoms with Crippen LogP contribution in [-0.4, -0.2) is 48.4 Å². The van der Waals surface area contributed by atoms with Gasteiger partial charge in [0, 0.05) is 24.4 Å². The molecule has 3 aromatic rings. The largest absolute Gasteiger partial charge is 0.497 e. The molecule has 1 heterocycles. The second-order valence-corrected chi connectivity index (χ2v) is 7.97. The maximum atomic E-state index is 12.8. The Morgan fingerprint density at radius 3 is 2.30 bits per heavy atom. The molecule has 1 atom stereocenters. The fourth-order valence-corrected chi connectivity index (χ4v) is 3.35. The first-order chi connectivity index (χ1) is 15.9. The van der Waals surface area contributed by atoms with Crippen LogP contribution in [0.3, 0.4) is 0 Å². The molecule has 0 fully saturated rings. The number of aromatic nitrogens is 2. The normalized spacial score (nSPS) is 11.7. The first-order valence-corrected chi connectivity index (χ1v) is 10.8. The van der Waals surface area contributed by atoms with E-state index in [9.17, 15) is 9.59 Å². The summed E-state index contributed by atoms with van der Waals surface area (Å²) in [6, 6.07) is 14.1. The maximum Gasteiger partial charge on any atom is 0.252 e. The average molecular weight is 451 g/mol. The highest BCUT2D eigenvalue weighted by Gasteiger charge is 2.25. The average Bonchev–Trinajstić information content (AvgIpc) is 3.31. The van der Waals surface area contributed by atoms with Crippen LogP contribution in [0.1, 0.15) is 29.8 Å². The third-order valence-corrected chi connectivity index (χ3v) is 5.22. The zero-order valence-electron chi connectivity index (χ0n) is 19.4. The van der Waals surface area contributed by atoms with Crippen LogP contribution in [0.4, 0.5) is 0 Å². The van der Waals surface area contributed by atoms with Gasteiger partial charge in [0.25, 0.3) is 5.91 Å². The predicted molar refractivity (Wildman–Crippen MR) is 126 cm³/mol. The minimum Gasteiger partial charge on any atom is -0.497 e. The molecule has 0 radical (unpaired) electrons. The summed E-state index contributed by atoms with van der Waals surface area (Å²) < 4.78 is 12.3. The summed E-state index contributed by atoms with van der Waals surface area (Å²) in [5.74, 6) is 0.304. The third kappa shape index (κ3) is 6.35. The number of hydrogen-bond donors (Lipinski definition) is 2. The van der Waals surface area contributed by atoms with Crippen LogP contribution in [0.15, 0.2) is 60.9 Å². The van der Waals surface area contributed by atoms with Crippen molar-refractivity contribution in [3.8, 4) is 17.2 Å². The summed E-state index contributed by atoms with van der Waals surface area (Å²) in [7, 11) is 3.04. The van der Waals surface area contributed by atoms with E-state index in [1.807, 2.05) is 50.4 Å². The lowest BCUT2D eigenvalue weighted by Gasteiger charge is -2.22. The molecule has 0 aliphatic carbocycles. The molecule has 8 heteroatoms. The monoisotopic (exact) mass is 450 g/mol. The third-order valence-electron chi connectivity index (χ3n) is 5.22. The van der Waals surface area contributed by atoms with Crippen molar-refractivity contribution < 1.29 is 19.1 Å². The summed E-state index contributed by atoms with van der Waals surface area (Å²) in [6.45, 7) is 4.21. The number of amides is 2. The highest BCUT2D eigenvalue weighted by atomic mass is 16.5. The number of nitrogens with one attached hydrogen (secondary N) is 2. The molecule has 8 nitrogen and oxygen atoms in total. The van der Waals surface area contributed by atoms with Crippen LogP contribution in [0.2, 0.25) is 0 Å². The lowest BCUT2D eigenvalue weighted by atomic mass is 10.0. The van der Waals surface area contributed by atoms with E-state index >= 15 is 0 Å². The molecule has 174 valence electrons. The Balaban J connectivity index is 1.58. The summed E-state index contributed by atoms with van der Waals surface area (Å²) in [5.41, 5.74) is 2.34. The van der Waals surface area contributed by atoms with Crippen molar-refractivity contribution in [3.05, 3.63) is 72.1 Å². The zero-order valence-corrected chi connectivity index (χ0v) is 19.4. The van der Waals surface area contributed by atoms with Crippen molar-refractivity contribution in [2.24, 2.45) is 5.92 Å². The number of rotatable bonds is 10. The summed E-state index contributed by atoms with van der Waals surface area (Å²) >= 11 is 0. The molecule has 1 aromatic heterocycles. The first kappa shape index (κ1) is 23.8. The van der Waals surface area contributed by atoms with Gasteiger partial charge in [-0.25, -0.2) is 4.68 Å². The SMILES string of the molecule is COc1cc(OC)cc(C(=O)NC(C(=O)NCCc2cnn(-c3ccccc3)c2)C(C)C)c1. The van der Waals surface area contributed by atoms with Gasteiger partial charge in [0.2, 0.25) is 5.91 Å². The summed E-state index contributed by atoms with van der Waals surface area (Å²) in [4.78, 5) is 25.6. The van der Waals surface area contributed by atoms with Gasteiger partial charge >= 0.3 is 0 Å². The number of ether oxygens (including phenoxy) is 2. The molecule has 3 rings (SSSR count). The standard InChI is InChI=1S/C25H30N4O4/c1-17(2)23(28-24(30)19-12-21(32-3)14-22(13-19)33-4)25(31)26-11-10-18-15-27-29(16-18)20-8-6-5-7-9-20/h5-9,12-17,23H,10-11H2,1-4H3,(H,26,31)(H,28,30). The Morgan fingerprint density at radius 2 is 1.70 bits per heavy atom. The zero-order chi connectivity index (χ0) is 23.8.